The molecule has 1 saturated carbocycles. The lowest BCUT2D eigenvalue weighted by Crippen LogP contribution is -2.06. The third kappa shape index (κ3) is 3.39. The lowest BCUT2D eigenvalue weighted by atomic mass is 10.1. The number of anilines is 1. The molecule has 3 heterocycles. The highest BCUT2D eigenvalue weighted by atomic mass is 32.1. The molecule has 1 aliphatic rings. The third-order valence-corrected chi connectivity index (χ3v) is 4.68. The van der Waals surface area contributed by atoms with Crippen molar-refractivity contribution in [3.8, 4) is 33.7 Å². The number of nitrogens with zero attached hydrogens (tertiary/aromatic N) is 4. The second-order valence-corrected chi connectivity index (χ2v) is 6.58. The maximum Gasteiger partial charge on any atom is 0.320 e. The van der Waals surface area contributed by atoms with E-state index in [-0.39, 0.29) is 6.01 Å². The highest BCUT2D eigenvalue weighted by Crippen LogP contribution is 2.35. The second-order valence-electron chi connectivity index (χ2n) is 5.63. The van der Waals surface area contributed by atoms with Gasteiger partial charge in [-0.2, -0.15) is 9.97 Å². The van der Waals surface area contributed by atoms with Gasteiger partial charge in [-0.05, 0) is 24.3 Å². The molecule has 1 aliphatic carbocycles. The molecule has 8 heteroatoms. The van der Waals surface area contributed by atoms with E-state index >= 15 is 0 Å². The van der Waals surface area contributed by atoms with Crippen molar-refractivity contribution in [1.82, 2.24) is 19.9 Å². The van der Waals surface area contributed by atoms with Crippen LogP contribution in [0, 0.1) is 0 Å². The maximum atomic E-state index is 5.25. The quantitative estimate of drug-likeness (QED) is 0.727. The molecule has 0 atom stereocenters. The Balaban J connectivity index is 1.83. The number of ether oxygens (including phenoxy) is 2. The summed E-state index contributed by atoms with van der Waals surface area (Å²) in [5.74, 6) is 1.07. The Labute approximate surface area is 149 Å². The average molecular weight is 355 g/mol. The lowest BCUT2D eigenvalue weighted by Gasteiger charge is -2.11. The summed E-state index contributed by atoms with van der Waals surface area (Å²) in [4.78, 5) is 18.8. The van der Waals surface area contributed by atoms with Gasteiger partial charge in [0.05, 0.1) is 30.5 Å². The van der Waals surface area contributed by atoms with Gasteiger partial charge < -0.3 is 14.8 Å². The summed E-state index contributed by atoms with van der Waals surface area (Å²) >= 11 is 1.62. The van der Waals surface area contributed by atoms with Crippen LogP contribution in [0.4, 0.5) is 5.95 Å². The minimum atomic E-state index is 0.242. The molecule has 7 nitrogen and oxygen atoms in total. The molecule has 4 rings (SSSR count). The second kappa shape index (κ2) is 6.64. The van der Waals surface area contributed by atoms with Crippen LogP contribution >= 0.6 is 11.3 Å². The lowest BCUT2D eigenvalue weighted by molar-refractivity contribution is 0.353. The van der Waals surface area contributed by atoms with Crippen molar-refractivity contribution in [3.63, 3.8) is 0 Å². The molecule has 1 fully saturated rings. The van der Waals surface area contributed by atoms with E-state index in [4.69, 9.17) is 14.5 Å². The van der Waals surface area contributed by atoms with Crippen LogP contribution in [-0.4, -0.2) is 40.2 Å². The van der Waals surface area contributed by atoms with E-state index in [1.807, 2.05) is 17.5 Å². The number of thiophene rings is 1. The summed E-state index contributed by atoms with van der Waals surface area (Å²) in [6.45, 7) is 0. The Morgan fingerprint density at radius 3 is 2.72 bits per heavy atom. The Kier molecular flexibility index (Phi) is 4.19. The first-order valence-corrected chi connectivity index (χ1v) is 8.79. The van der Waals surface area contributed by atoms with Gasteiger partial charge in [0, 0.05) is 23.9 Å². The van der Waals surface area contributed by atoms with Gasteiger partial charge in [-0.15, -0.1) is 11.3 Å². The van der Waals surface area contributed by atoms with Gasteiger partial charge in [0.25, 0.3) is 0 Å². The van der Waals surface area contributed by atoms with E-state index in [1.165, 1.54) is 20.0 Å². The molecule has 0 bridgehead atoms. The van der Waals surface area contributed by atoms with Gasteiger partial charge >= 0.3 is 6.01 Å². The number of hydrogen-bond acceptors (Lipinski definition) is 8. The Morgan fingerprint density at radius 1 is 1.16 bits per heavy atom. The third-order valence-electron chi connectivity index (χ3n) is 3.80. The normalized spacial score (nSPS) is 13.5. The molecule has 0 radical (unpaired) electrons. The predicted molar refractivity (Wildman–Crippen MR) is 96.1 cm³/mol. The summed E-state index contributed by atoms with van der Waals surface area (Å²) in [6, 6.07) is 6.52. The van der Waals surface area contributed by atoms with Crippen molar-refractivity contribution in [3.05, 3.63) is 29.8 Å². The molecule has 128 valence electrons. The first kappa shape index (κ1) is 15.8. The molecule has 0 aliphatic heterocycles. The van der Waals surface area contributed by atoms with Crippen LogP contribution in [0.15, 0.2) is 29.8 Å². The van der Waals surface area contributed by atoms with E-state index < -0.39 is 0 Å². The van der Waals surface area contributed by atoms with E-state index in [2.05, 4.69) is 20.3 Å². The van der Waals surface area contributed by atoms with Gasteiger partial charge in [-0.1, -0.05) is 6.07 Å². The van der Waals surface area contributed by atoms with Crippen LogP contribution in [0.25, 0.3) is 21.8 Å². The highest BCUT2D eigenvalue weighted by Gasteiger charge is 2.23. The van der Waals surface area contributed by atoms with Gasteiger partial charge in [0.2, 0.25) is 11.8 Å². The summed E-state index contributed by atoms with van der Waals surface area (Å²) in [7, 11) is 3.09. The molecular weight excluding hydrogens is 338 g/mol. The van der Waals surface area contributed by atoms with Crippen LogP contribution in [-0.2, 0) is 0 Å². The number of nitrogens with one attached hydrogen (secondary N) is 1. The summed E-state index contributed by atoms with van der Waals surface area (Å²) in [5, 5.41) is 5.37. The molecule has 3 aromatic rings. The zero-order valence-corrected chi connectivity index (χ0v) is 14.7. The fourth-order valence-corrected chi connectivity index (χ4v) is 3.12. The maximum absolute atomic E-state index is 5.25. The summed E-state index contributed by atoms with van der Waals surface area (Å²) in [5.41, 5.74) is 2.30. The molecule has 0 aromatic carbocycles. The standard InChI is InChI=1S/C17H17N5O2S/c1-23-14-8-12(20-17(21-14)24-2)11-9-18-16(19-10-5-6-10)22-15(11)13-4-3-7-25-13/h3-4,7-10H,5-6H2,1-2H3,(H,18,19,22). The Morgan fingerprint density at radius 2 is 2.04 bits per heavy atom. The molecule has 0 saturated heterocycles. The molecule has 0 spiro atoms. The number of rotatable bonds is 6. The Bertz CT molecular complexity index is 858. The number of hydrogen-bond donors (Lipinski definition) is 1. The minimum Gasteiger partial charge on any atom is -0.481 e. The topological polar surface area (TPSA) is 82.0 Å². The molecule has 3 aromatic heterocycles. The van der Waals surface area contributed by atoms with Crippen LogP contribution in [0.1, 0.15) is 12.8 Å². The van der Waals surface area contributed by atoms with Crippen LogP contribution in [0.2, 0.25) is 0 Å². The van der Waals surface area contributed by atoms with Gasteiger partial charge in [0.1, 0.15) is 0 Å². The monoisotopic (exact) mass is 355 g/mol. The highest BCUT2D eigenvalue weighted by molar-refractivity contribution is 7.13. The van der Waals surface area contributed by atoms with E-state index in [0.29, 0.717) is 23.6 Å². The zero-order valence-electron chi connectivity index (χ0n) is 13.9. The van der Waals surface area contributed by atoms with E-state index in [0.717, 1.165) is 16.1 Å². The SMILES string of the molecule is COc1cc(-c2cnc(NC3CC3)nc2-c2cccs2)nc(OC)n1. The number of aromatic nitrogens is 4. The minimum absolute atomic E-state index is 0.242. The van der Waals surface area contributed by atoms with Crippen molar-refractivity contribution in [1.29, 1.82) is 0 Å². The predicted octanol–water partition coefficient (Wildman–Crippen LogP) is 3.25. The smallest absolute Gasteiger partial charge is 0.320 e. The van der Waals surface area contributed by atoms with Gasteiger partial charge in [-0.25, -0.2) is 9.97 Å². The summed E-state index contributed by atoms with van der Waals surface area (Å²) < 4.78 is 10.4. The van der Waals surface area contributed by atoms with Crippen molar-refractivity contribution < 1.29 is 9.47 Å². The first-order valence-electron chi connectivity index (χ1n) is 7.91. The molecular formula is C17H17N5O2S. The molecule has 0 amide bonds. The molecule has 25 heavy (non-hydrogen) atoms. The van der Waals surface area contributed by atoms with Crippen molar-refractivity contribution >= 4 is 17.3 Å². The van der Waals surface area contributed by atoms with E-state index in [1.54, 1.807) is 30.7 Å². The first-order chi connectivity index (χ1) is 12.3. The van der Waals surface area contributed by atoms with E-state index in [9.17, 15) is 0 Å². The fourth-order valence-electron chi connectivity index (χ4n) is 2.39. The molecule has 1 N–H and O–H groups in total. The van der Waals surface area contributed by atoms with Crippen LogP contribution < -0.4 is 14.8 Å². The van der Waals surface area contributed by atoms with Crippen molar-refractivity contribution in [2.45, 2.75) is 18.9 Å². The van der Waals surface area contributed by atoms with Crippen LogP contribution in [0.3, 0.4) is 0 Å². The largest absolute Gasteiger partial charge is 0.481 e. The van der Waals surface area contributed by atoms with Crippen LogP contribution in [0.5, 0.6) is 11.9 Å². The van der Waals surface area contributed by atoms with Gasteiger partial charge in [-0.3, -0.25) is 0 Å². The Hall–Kier alpha value is -2.74. The molecule has 0 unspecified atom stereocenters. The average Bonchev–Trinajstić information content (AvgIpc) is 3.30. The number of methoxy groups -OCH3 is 2. The fraction of sp³-hybridized carbons (Fsp3) is 0.294. The van der Waals surface area contributed by atoms with Crippen molar-refractivity contribution in [2.24, 2.45) is 0 Å². The zero-order chi connectivity index (χ0) is 17.2. The van der Waals surface area contributed by atoms with Crippen molar-refractivity contribution in [2.75, 3.05) is 19.5 Å². The summed E-state index contributed by atoms with van der Waals surface area (Å²) in [6.07, 6.45) is 4.12. The van der Waals surface area contributed by atoms with Gasteiger partial charge in [0.15, 0.2) is 0 Å².